The Kier molecular flexibility index (Phi) is 5.34. The van der Waals surface area contributed by atoms with Gasteiger partial charge in [-0.1, -0.05) is 48.0 Å². The molecule has 0 heterocycles. The smallest absolute Gasteiger partial charge is 0.129 e. The fourth-order valence-electron chi connectivity index (χ4n) is 2.33. The van der Waals surface area contributed by atoms with Crippen LogP contribution in [0.15, 0.2) is 72.8 Å². The van der Waals surface area contributed by atoms with E-state index in [4.69, 9.17) is 16.3 Å². The SMILES string of the molecule is Fc1ccccc1COc1ccccc1CNc1ccc(Cl)cc1. The number of rotatable bonds is 6. The Morgan fingerprint density at radius 3 is 2.25 bits per heavy atom. The van der Waals surface area contributed by atoms with Gasteiger partial charge in [-0.05, 0) is 36.4 Å². The first-order chi connectivity index (χ1) is 11.7. The van der Waals surface area contributed by atoms with Crippen LogP contribution in [0.5, 0.6) is 5.75 Å². The van der Waals surface area contributed by atoms with E-state index in [9.17, 15) is 4.39 Å². The van der Waals surface area contributed by atoms with Crippen LogP contribution in [0.25, 0.3) is 0 Å². The zero-order chi connectivity index (χ0) is 16.8. The summed E-state index contributed by atoms with van der Waals surface area (Å²) in [6, 6.07) is 21.9. The predicted molar refractivity (Wildman–Crippen MR) is 96.0 cm³/mol. The molecule has 3 aromatic carbocycles. The molecule has 0 aliphatic carbocycles. The quantitative estimate of drug-likeness (QED) is 0.623. The summed E-state index contributed by atoms with van der Waals surface area (Å²) in [6.45, 7) is 0.805. The minimum atomic E-state index is -0.255. The summed E-state index contributed by atoms with van der Waals surface area (Å²) >= 11 is 5.89. The first-order valence-electron chi connectivity index (χ1n) is 7.66. The molecule has 0 radical (unpaired) electrons. The minimum Gasteiger partial charge on any atom is -0.488 e. The number of hydrogen-bond donors (Lipinski definition) is 1. The lowest BCUT2D eigenvalue weighted by Gasteiger charge is -2.13. The van der Waals surface area contributed by atoms with Crippen LogP contribution in [0, 0.1) is 5.82 Å². The molecule has 0 amide bonds. The highest BCUT2D eigenvalue weighted by Gasteiger charge is 2.06. The number of para-hydroxylation sites is 1. The van der Waals surface area contributed by atoms with Crippen LogP contribution >= 0.6 is 11.6 Å². The van der Waals surface area contributed by atoms with Crippen molar-refractivity contribution in [2.45, 2.75) is 13.2 Å². The van der Waals surface area contributed by atoms with Crippen molar-refractivity contribution in [2.24, 2.45) is 0 Å². The van der Waals surface area contributed by atoms with Crippen molar-refractivity contribution in [3.8, 4) is 5.75 Å². The molecule has 2 nitrogen and oxygen atoms in total. The number of hydrogen-bond acceptors (Lipinski definition) is 2. The highest BCUT2D eigenvalue weighted by molar-refractivity contribution is 6.30. The molecule has 0 aliphatic heterocycles. The van der Waals surface area contributed by atoms with Crippen LogP contribution in [0.4, 0.5) is 10.1 Å². The Bertz CT molecular complexity index is 805. The van der Waals surface area contributed by atoms with Gasteiger partial charge in [0.25, 0.3) is 0 Å². The monoisotopic (exact) mass is 341 g/mol. The van der Waals surface area contributed by atoms with E-state index in [1.54, 1.807) is 18.2 Å². The first kappa shape index (κ1) is 16.3. The van der Waals surface area contributed by atoms with Crippen molar-refractivity contribution in [2.75, 3.05) is 5.32 Å². The first-order valence-corrected chi connectivity index (χ1v) is 8.04. The summed E-state index contributed by atoms with van der Waals surface area (Å²) in [6.07, 6.45) is 0. The molecule has 24 heavy (non-hydrogen) atoms. The van der Waals surface area contributed by atoms with Crippen LogP contribution < -0.4 is 10.1 Å². The van der Waals surface area contributed by atoms with Crippen molar-refractivity contribution in [1.82, 2.24) is 0 Å². The second-order valence-corrected chi connectivity index (χ2v) is 5.78. The zero-order valence-electron chi connectivity index (χ0n) is 13.0. The molecular formula is C20H17ClFNO. The number of ether oxygens (including phenoxy) is 1. The van der Waals surface area contributed by atoms with Gasteiger partial charge in [0.05, 0.1) is 0 Å². The van der Waals surface area contributed by atoms with Gasteiger partial charge in [-0.15, -0.1) is 0 Å². The van der Waals surface area contributed by atoms with Crippen molar-refractivity contribution in [1.29, 1.82) is 0 Å². The number of anilines is 1. The molecule has 0 fully saturated rings. The van der Waals surface area contributed by atoms with Gasteiger partial charge in [0, 0.05) is 28.4 Å². The van der Waals surface area contributed by atoms with E-state index < -0.39 is 0 Å². The maximum atomic E-state index is 13.7. The number of halogens is 2. The molecular weight excluding hydrogens is 325 g/mol. The third-order valence-corrected chi connectivity index (χ3v) is 3.89. The van der Waals surface area contributed by atoms with Crippen molar-refractivity contribution in [3.63, 3.8) is 0 Å². The molecule has 4 heteroatoms. The van der Waals surface area contributed by atoms with Crippen LogP contribution in [-0.4, -0.2) is 0 Å². The highest BCUT2D eigenvalue weighted by atomic mass is 35.5. The average molecular weight is 342 g/mol. The van der Waals surface area contributed by atoms with Crippen LogP contribution in [0.2, 0.25) is 5.02 Å². The third kappa shape index (κ3) is 4.27. The predicted octanol–water partition coefficient (Wildman–Crippen LogP) is 5.67. The largest absolute Gasteiger partial charge is 0.488 e. The molecule has 0 bridgehead atoms. The average Bonchev–Trinajstić information content (AvgIpc) is 2.61. The van der Waals surface area contributed by atoms with Crippen LogP contribution in [-0.2, 0) is 13.2 Å². The molecule has 0 saturated carbocycles. The molecule has 0 aromatic heterocycles. The lowest BCUT2D eigenvalue weighted by atomic mass is 10.2. The summed E-state index contributed by atoms with van der Waals surface area (Å²) in [4.78, 5) is 0. The molecule has 0 atom stereocenters. The fourth-order valence-corrected chi connectivity index (χ4v) is 2.45. The van der Waals surface area contributed by atoms with E-state index >= 15 is 0 Å². The molecule has 0 unspecified atom stereocenters. The Balaban J connectivity index is 1.66. The van der Waals surface area contributed by atoms with Gasteiger partial charge in [0.15, 0.2) is 0 Å². The van der Waals surface area contributed by atoms with Crippen LogP contribution in [0.1, 0.15) is 11.1 Å². The second kappa shape index (κ2) is 7.84. The molecule has 0 saturated heterocycles. The Morgan fingerprint density at radius 1 is 0.833 bits per heavy atom. The van der Waals surface area contributed by atoms with E-state index in [1.807, 2.05) is 48.5 Å². The standard InChI is InChI=1S/C20H17ClFNO/c21-17-9-11-18(12-10-17)23-13-15-5-2-4-8-20(15)24-14-16-6-1-3-7-19(16)22/h1-12,23H,13-14H2. The van der Waals surface area contributed by atoms with Gasteiger partial charge in [-0.2, -0.15) is 0 Å². The Morgan fingerprint density at radius 2 is 1.50 bits per heavy atom. The number of nitrogens with one attached hydrogen (secondary N) is 1. The highest BCUT2D eigenvalue weighted by Crippen LogP contribution is 2.22. The molecule has 0 aliphatic rings. The Hall–Kier alpha value is -2.52. The topological polar surface area (TPSA) is 21.3 Å². The van der Waals surface area contributed by atoms with Crippen molar-refractivity contribution >= 4 is 17.3 Å². The minimum absolute atomic E-state index is 0.199. The lowest BCUT2D eigenvalue weighted by molar-refractivity contribution is 0.297. The summed E-state index contributed by atoms with van der Waals surface area (Å²) in [5, 5.41) is 4.03. The van der Waals surface area contributed by atoms with E-state index in [-0.39, 0.29) is 12.4 Å². The summed E-state index contributed by atoms with van der Waals surface area (Å²) in [7, 11) is 0. The molecule has 0 spiro atoms. The van der Waals surface area contributed by atoms with Crippen molar-refractivity contribution in [3.05, 3.63) is 94.8 Å². The normalized spacial score (nSPS) is 10.4. The Labute approximate surface area is 145 Å². The van der Waals surface area contributed by atoms with E-state index in [1.165, 1.54) is 6.07 Å². The molecule has 122 valence electrons. The van der Waals surface area contributed by atoms with Gasteiger partial charge in [0.2, 0.25) is 0 Å². The number of benzene rings is 3. The lowest BCUT2D eigenvalue weighted by Crippen LogP contribution is -2.04. The van der Waals surface area contributed by atoms with Gasteiger partial charge in [0.1, 0.15) is 18.2 Å². The third-order valence-electron chi connectivity index (χ3n) is 3.64. The maximum absolute atomic E-state index is 13.7. The van der Waals surface area contributed by atoms with Crippen molar-refractivity contribution < 1.29 is 9.13 Å². The molecule has 3 rings (SSSR count). The van der Waals surface area contributed by atoms with Crippen LogP contribution in [0.3, 0.4) is 0 Å². The van der Waals surface area contributed by atoms with E-state index in [2.05, 4.69) is 5.32 Å². The van der Waals surface area contributed by atoms with Gasteiger partial charge in [-0.25, -0.2) is 4.39 Å². The zero-order valence-corrected chi connectivity index (χ0v) is 13.8. The molecule has 3 aromatic rings. The van der Waals surface area contributed by atoms with E-state index in [0.29, 0.717) is 17.1 Å². The molecule has 1 N–H and O–H groups in total. The van der Waals surface area contributed by atoms with Gasteiger partial charge in [-0.3, -0.25) is 0 Å². The van der Waals surface area contributed by atoms with Gasteiger partial charge >= 0.3 is 0 Å². The summed E-state index contributed by atoms with van der Waals surface area (Å²) in [5.74, 6) is 0.483. The van der Waals surface area contributed by atoms with Gasteiger partial charge < -0.3 is 10.1 Å². The summed E-state index contributed by atoms with van der Waals surface area (Å²) < 4.78 is 19.5. The second-order valence-electron chi connectivity index (χ2n) is 5.35. The van der Waals surface area contributed by atoms with E-state index in [0.717, 1.165) is 17.0 Å². The fraction of sp³-hybridized carbons (Fsp3) is 0.100. The summed E-state index contributed by atoms with van der Waals surface area (Å²) in [5.41, 5.74) is 2.52. The maximum Gasteiger partial charge on any atom is 0.129 e.